The number of benzene rings is 2. The molecule has 3 rings (SSSR count). The second-order valence-electron chi connectivity index (χ2n) is 10.3. The lowest BCUT2D eigenvalue weighted by Crippen LogP contribution is -2.53. The van der Waals surface area contributed by atoms with Crippen molar-refractivity contribution in [3.63, 3.8) is 0 Å². The SMILES string of the molecule is CC(=O)N(C)[C@@H]1C(=O)N[C@@H](C)C(=O)N[C@H](C(=O)O)Cc2ccc(OC[C@H](O)CN)c(c2)-c2cc1cc(OCCCN)c2O. The number of nitrogens with zero attached hydrogens (tertiary/aromatic N) is 1. The summed E-state index contributed by atoms with van der Waals surface area (Å²) in [5.74, 6) is -3.35. The summed E-state index contributed by atoms with van der Waals surface area (Å²) in [7, 11) is 1.41. The zero-order chi connectivity index (χ0) is 31.8. The van der Waals surface area contributed by atoms with E-state index >= 15 is 0 Å². The lowest BCUT2D eigenvalue weighted by atomic mass is 9.93. The molecule has 0 aromatic heterocycles. The molecule has 0 radical (unpaired) electrons. The molecule has 234 valence electrons. The van der Waals surface area contributed by atoms with Crippen LogP contribution in [0.25, 0.3) is 11.1 Å². The van der Waals surface area contributed by atoms with Gasteiger partial charge in [0.05, 0.1) is 6.61 Å². The normalized spacial score (nSPS) is 19.3. The number of hydrogen-bond donors (Lipinski definition) is 7. The van der Waals surface area contributed by atoms with Gasteiger partial charge in [-0.05, 0) is 55.3 Å². The number of carboxylic acid groups (broad SMARTS) is 1. The fourth-order valence-corrected chi connectivity index (χ4v) is 4.49. The van der Waals surface area contributed by atoms with Gasteiger partial charge in [0.25, 0.3) is 0 Å². The highest BCUT2D eigenvalue weighted by molar-refractivity contribution is 5.94. The van der Waals surface area contributed by atoms with Crippen LogP contribution in [0.4, 0.5) is 0 Å². The van der Waals surface area contributed by atoms with Gasteiger partial charge in [0.1, 0.15) is 36.6 Å². The van der Waals surface area contributed by atoms with Gasteiger partial charge in [0.2, 0.25) is 17.7 Å². The number of likely N-dealkylation sites (N-methyl/N-ethyl adjacent to an activating group) is 1. The lowest BCUT2D eigenvalue weighted by molar-refractivity contribution is -0.142. The van der Waals surface area contributed by atoms with E-state index in [4.69, 9.17) is 20.9 Å². The number of aliphatic hydroxyl groups is 1. The molecule has 4 atom stereocenters. The number of carbonyl (C=O) groups excluding carboxylic acids is 3. The highest BCUT2D eigenvalue weighted by Gasteiger charge is 2.33. The van der Waals surface area contributed by atoms with Crippen molar-refractivity contribution in [1.29, 1.82) is 0 Å². The highest BCUT2D eigenvalue weighted by Crippen LogP contribution is 2.44. The maximum atomic E-state index is 13.6. The number of nitrogens with two attached hydrogens (primary N) is 2. The zero-order valence-corrected chi connectivity index (χ0v) is 24.3. The smallest absolute Gasteiger partial charge is 0.326 e. The van der Waals surface area contributed by atoms with E-state index in [1.165, 1.54) is 39.1 Å². The van der Waals surface area contributed by atoms with Crippen LogP contribution in [0, 0.1) is 0 Å². The van der Waals surface area contributed by atoms with E-state index in [2.05, 4.69) is 10.6 Å². The molecule has 0 aliphatic carbocycles. The third kappa shape index (κ3) is 8.12. The van der Waals surface area contributed by atoms with E-state index < -0.39 is 47.9 Å². The number of aromatic hydroxyl groups is 1. The molecule has 0 spiro atoms. The molecule has 0 unspecified atom stereocenters. The molecule has 14 nitrogen and oxygen atoms in total. The van der Waals surface area contributed by atoms with E-state index in [9.17, 15) is 34.5 Å². The summed E-state index contributed by atoms with van der Waals surface area (Å²) in [6.45, 7) is 2.86. The molecule has 9 N–H and O–H groups in total. The number of rotatable bonds is 10. The van der Waals surface area contributed by atoms with Crippen molar-refractivity contribution in [2.24, 2.45) is 11.5 Å². The van der Waals surface area contributed by atoms with Gasteiger partial charge in [-0.25, -0.2) is 4.79 Å². The Bertz CT molecular complexity index is 1350. The average Bonchev–Trinajstić information content (AvgIpc) is 2.96. The van der Waals surface area contributed by atoms with E-state index in [1.807, 2.05) is 0 Å². The second kappa shape index (κ2) is 14.7. The van der Waals surface area contributed by atoms with Crippen LogP contribution < -0.4 is 31.6 Å². The number of ether oxygens (including phenoxy) is 2. The molecule has 0 saturated heterocycles. The summed E-state index contributed by atoms with van der Waals surface area (Å²) >= 11 is 0. The number of phenolic OH excluding ortho intramolecular Hbond substituents is 1. The molecule has 2 aromatic carbocycles. The molecule has 1 heterocycles. The molecular formula is C29H39N5O9. The van der Waals surface area contributed by atoms with E-state index in [0.29, 0.717) is 18.5 Å². The first-order valence-electron chi connectivity index (χ1n) is 13.8. The second-order valence-corrected chi connectivity index (χ2v) is 10.3. The number of carboxylic acids is 1. The Labute approximate surface area is 248 Å². The van der Waals surface area contributed by atoms with Crippen LogP contribution in [0.3, 0.4) is 0 Å². The van der Waals surface area contributed by atoms with Crippen molar-refractivity contribution in [2.75, 3.05) is 33.4 Å². The number of nitrogens with one attached hydrogen (secondary N) is 2. The van der Waals surface area contributed by atoms with Gasteiger partial charge in [-0.3, -0.25) is 14.4 Å². The van der Waals surface area contributed by atoms with Gasteiger partial charge in [-0.2, -0.15) is 0 Å². The number of fused-ring (bicyclic) bond motifs is 5. The zero-order valence-electron chi connectivity index (χ0n) is 24.3. The Kier molecular flexibility index (Phi) is 11.3. The minimum Gasteiger partial charge on any atom is -0.504 e. The minimum atomic E-state index is -1.36. The van der Waals surface area contributed by atoms with Crippen molar-refractivity contribution in [3.8, 4) is 28.4 Å². The number of hydrogen-bond acceptors (Lipinski definition) is 10. The number of carbonyl (C=O) groups is 4. The summed E-state index contributed by atoms with van der Waals surface area (Å²) in [5.41, 5.74) is 12.3. The van der Waals surface area contributed by atoms with Crippen LogP contribution in [0.15, 0.2) is 30.3 Å². The molecule has 1 aliphatic heterocycles. The summed E-state index contributed by atoms with van der Waals surface area (Å²) in [6, 6.07) is 3.83. The Morgan fingerprint density at radius 2 is 1.79 bits per heavy atom. The maximum absolute atomic E-state index is 13.6. The van der Waals surface area contributed by atoms with Crippen LogP contribution >= 0.6 is 0 Å². The topological polar surface area (TPSA) is 227 Å². The Morgan fingerprint density at radius 3 is 2.42 bits per heavy atom. The fraction of sp³-hybridized carbons (Fsp3) is 0.448. The number of amides is 3. The third-order valence-corrected chi connectivity index (χ3v) is 7.00. The van der Waals surface area contributed by atoms with Gasteiger partial charge < -0.3 is 51.8 Å². The number of aliphatic hydroxyl groups excluding tert-OH is 1. The minimum absolute atomic E-state index is 0.00431. The van der Waals surface area contributed by atoms with Gasteiger partial charge >= 0.3 is 5.97 Å². The van der Waals surface area contributed by atoms with Crippen LogP contribution in [0.2, 0.25) is 0 Å². The Morgan fingerprint density at radius 1 is 1.07 bits per heavy atom. The largest absolute Gasteiger partial charge is 0.504 e. The number of phenols is 1. The van der Waals surface area contributed by atoms with Crippen molar-refractivity contribution in [3.05, 3.63) is 41.5 Å². The first-order valence-corrected chi connectivity index (χ1v) is 13.8. The van der Waals surface area contributed by atoms with Crippen LogP contribution in [-0.4, -0.2) is 95.4 Å². The van der Waals surface area contributed by atoms with Crippen molar-refractivity contribution in [2.45, 2.75) is 50.9 Å². The first kappa shape index (κ1) is 33.1. The Hall–Kier alpha value is -4.40. The summed E-state index contributed by atoms with van der Waals surface area (Å²) in [5, 5.41) is 36.3. The third-order valence-electron chi connectivity index (χ3n) is 7.00. The number of aliphatic carboxylic acids is 1. The van der Waals surface area contributed by atoms with Crippen LogP contribution in [-0.2, 0) is 25.6 Å². The monoisotopic (exact) mass is 601 g/mol. The van der Waals surface area contributed by atoms with E-state index in [1.54, 1.807) is 12.1 Å². The van der Waals surface area contributed by atoms with E-state index in [0.717, 1.165) is 4.90 Å². The van der Waals surface area contributed by atoms with Gasteiger partial charge in [-0.15, -0.1) is 0 Å². The molecule has 0 saturated carbocycles. The van der Waals surface area contributed by atoms with Crippen molar-refractivity contribution < 1.29 is 44.0 Å². The van der Waals surface area contributed by atoms with Gasteiger partial charge in [0.15, 0.2) is 11.5 Å². The molecule has 0 fully saturated rings. The van der Waals surface area contributed by atoms with Gasteiger partial charge in [-0.1, -0.05) is 6.07 Å². The quantitative estimate of drug-likeness (QED) is 0.174. The molecule has 1 aliphatic rings. The Balaban J connectivity index is 2.35. The molecular weight excluding hydrogens is 562 g/mol. The maximum Gasteiger partial charge on any atom is 0.326 e. The lowest BCUT2D eigenvalue weighted by Gasteiger charge is -2.29. The first-order chi connectivity index (χ1) is 20.4. The average molecular weight is 602 g/mol. The van der Waals surface area contributed by atoms with Crippen molar-refractivity contribution in [1.82, 2.24) is 15.5 Å². The van der Waals surface area contributed by atoms with Crippen molar-refractivity contribution >= 4 is 23.7 Å². The molecule has 4 bridgehead atoms. The summed E-state index contributed by atoms with van der Waals surface area (Å²) < 4.78 is 11.7. The predicted octanol–water partition coefficient (Wildman–Crippen LogP) is -0.365. The summed E-state index contributed by atoms with van der Waals surface area (Å²) in [4.78, 5) is 52.3. The van der Waals surface area contributed by atoms with Crippen LogP contribution in [0.1, 0.15) is 37.4 Å². The molecule has 43 heavy (non-hydrogen) atoms. The fourth-order valence-electron chi connectivity index (χ4n) is 4.49. The predicted molar refractivity (Wildman–Crippen MR) is 155 cm³/mol. The van der Waals surface area contributed by atoms with Gasteiger partial charge in [0, 0.05) is 38.1 Å². The van der Waals surface area contributed by atoms with Crippen LogP contribution in [0.5, 0.6) is 17.2 Å². The molecule has 2 aromatic rings. The summed E-state index contributed by atoms with van der Waals surface area (Å²) in [6.07, 6.45) is -0.678. The van der Waals surface area contributed by atoms with E-state index in [-0.39, 0.29) is 60.1 Å². The standard InChI is InChI=1S/C29H39N5O9/c1-15-27(38)33-22(29(40)41)10-17-5-6-23(43-14-19(36)13-31)20(9-17)21-11-18(12-24(26(21)37)42-8-4-7-30)25(28(39)32-15)34(3)16(2)35/h5-6,9,11-12,15,19,22,25,36-37H,4,7-8,10,13-14,30-31H2,1-3H3,(H,32,39)(H,33,38)(H,40,41)/t15-,19+,22-,25-/m0/s1. The molecule has 14 heteroatoms. The molecule has 3 amide bonds. The highest BCUT2D eigenvalue weighted by atomic mass is 16.5.